The van der Waals surface area contributed by atoms with Crippen LogP contribution in [0.2, 0.25) is 0 Å². The number of hydrogen-bond acceptors (Lipinski definition) is 11. The summed E-state index contributed by atoms with van der Waals surface area (Å²) in [7, 11) is -7.47. The third kappa shape index (κ3) is 29.2. The first-order valence-electron chi connectivity index (χ1n) is 2.27. The minimum absolute atomic E-state index is 0.509. The Balaban J connectivity index is 0. The average Bonchev–Trinajstić information content (AvgIpc) is 1.96. The van der Waals surface area contributed by atoms with E-state index < -0.39 is 25.8 Å². The molecule has 0 aliphatic heterocycles. The summed E-state index contributed by atoms with van der Waals surface area (Å²) in [5, 5.41) is 0. The van der Waals surface area contributed by atoms with Crippen molar-refractivity contribution >= 4 is 48.0 Å². The fourth-order valence-electron chi connectivity index (χ4n) is 0.0793. The summed E-state index contributed by atoms with van der Waals surface area (Å²) < 4.78 is 8.22. The molecule has 0 unspecified atom stereocenters. The molecule has 0 bridgehead atoms. The van der Waals surface area contributed by atoms with Gasteiger partial charge in [-0.25, -0.2) is 7.94 Å². The van der Waals surface area contributed by atoms with Crippen molar-refractivity contribution in [3.05, 3.63) is 0 Å². The van der Waals surface area contributed by atoms with Crippen molar-refractivity contribution in [1.29, 1.82) is 0 Å². The van der Waals surface area contributed by atoms with Crippen LogP contribution in [0.4, 0.5) is 0 Å². The molecule has 7 N–H and O–H groups in total. The van der Waals surface area contributed by atoms with Gasteiger partial charge in [0.1, 0.15) is 22.1 Å². The summed E-state index contributed by atoms with van der Waals surface area (Å²) in [5.74, 6) is 0. The summed E-state index contributed by atoms with van der Waals surface area (Å²) >= 11 is 1.02. The van der Waals surface area contributed by atoms with Crippen molar-refractivity contribution in [2.75, 3.05) is 0 Å². The van der Waals surface area contributed by atoms with E-state index in [4.69, 9.17) is 34.3 Å². The number of rotatable bonds is 5. The first kappa shape index (κ1) is 18.0. The van der Waals surface area contributed by atoms with E-state index in [0.29, 0.717) is 22.1 Å². The van der Waals surface area contributed by atoms with Gasteiger partial charge in [-0.15, -0.1) is 0 Å². The van der Waals surface area contributed by atoms with Crippen LogP contribution in [-0.4, -0.2) is 34.3 Å². The van der Waals surface area contributed by atoms with Crippen molar-refractivity contribution in [1.82, 2.24) is 0 Å². The Morgan fingerprint density at radius 1 is 0.643 bits per heavy atom. The molecule has 0 aromatic heterocycles. The van der Waals surface area contributed by atoms with Crippen molar-refractivity contribution in [2.45, 2.75) is 0 Å². The molecule has 14 heavy (non-hydrogen) atoms. The van der Waals surface area contributed by atoms with Crippen LogP contribution in [0.25, 0.3) is 0 Å². The maximum atomic E-state index is 8.11. The second-order valence-corrected chi connectivity index (χ2v) is 4.89. The molecule has 0 atom stereocenters. The Hall–Kier alpha value is 1.63. The van der Waals surface area contributed by atoms with Gasteiger partial charge in [0.15, 0.2) is 0 Å². The molecule has 0 saturated carbocycles. The number of hydrogen-bond donors (Lipinski definition) is 7. The van der Waals surface area contributed by atoms with Gasteiger partial charge in [0.2, 0.25) is 0 Å². The van der Waals surface area contributed by atoms with Crippen LogP contribution in [0.3, 0.4) is 0 Å². The van der Waals surface area contributed by atoms with Crippen molar-refractivity contribution in [3.63, 3.8) is 0 Å². The highest BCUT2D eigenvalue weighted by atomic mass is 33.1. The van der Waals surface area contributed by atoms with Gasteiger partial charge in [-0.3, -0.25) is 0 Å². The smallest absolute Gasteiger partial charge is 0.328 e. The van der Waals surface area contributed by atoms with Gasteiger partial charge in [0, 0.05) is 0 Å². The lowest BCUT2D eigenvalue weighted by molar-refractivity contribution is 0.368. The monoisotopic (exact) mass is 308 g/mol. The zero-order chi connectivity index (χ0) is 11.6. The maximum Gasteiger partial charge on any atom is 0.340 e. The van der Waals surface area contributed by atoms with E-state index in [1.807, 2.05) is 0 Å². The van der Waals surface area contributed by atoms with Gasteiger partial charge in [-0.2, -0.15) is 0 Å². The molecular formula is H7O9P3S2. The van der Waals surface area contributed by atoms with Crippen LogP contribution >= 0.6 is 48.0 Å². The van der Waals surface area contributed by atoms with E-state index in [2.05, 4.69) is 7.94 Å². The van der Waals surface area contributed by atoms with Crippen LogP contribution in [-0.2, 0) is 7.94 Å². The Morgan fingerprint density at radius 3 is 1.00 bits per heavy atom. The Morgan fingerprint density at radius 2 is 0.857 bits per heavy atom. The fraction of sp³-hybridized carbons (Fsp3) is 0. The molecule has 0 rings (SSSR count). The van der Waals surface area contributed by atoms with E-state index in [-0.39, 0.29) is 0 Å². The zero-order valence-electron chi connectivity index (χ0n) is 6.11. The van der Waals surface area contributed by atoms with Crippen LogP contribution < -0.4 is 0 Å². The van der Waals surface area contributed by atoms with Crippen molar-refractivity contribution in [3.8, 4) is 0 Å². The highest BCUT2D eigenvalue weighted by Gasteiger charge is 2.04. The second-order valence-electron chi connectivity index (χ2n) is 1.06. The minimum atomic E-state index is -2.62. The highest BCUT2D eigenvalue weighted by molar-refractivity contribution is 8.73. The normalized spacial score (nSPS) is 10.7. The highest BCUT2D eigenvalue weighted by Crippen LogP contribution is 2.43. The first-order valence-corrected chi connectivity index (χ1v) is 7.80. The van der Waals surface area contributed by atoms with Crippen LogP contribution in [0.15, 0.2) is 0 Å². The molecule has 0 aromatic rings. The molecule has 0 spiro atoms. The molecule has 0 saturated heterocycles. The van der Waals surface area contributed by atoms with Gasteiger partial charge in [0.05, 0.1) is 0 Å². The lowest BCUT2D eigenvalue weighted by Crippen LogP contribution is -1.69. The molecule has 88 valence electrons. The largest absolute Gasteiger partial charge is 0.340 e. The standard InChI is InChI=1S/H4O6P2S2.H3O3P/c1-7(2)5-9-10-6-8(3)4;1-4(2)3/h1-4H;1-3H. The molecule has 0 fully saturated rings. The lowest BCUT2D eigenvalue weighted by Gasteiger charge is -2.00. The SMILES string of the molecule is OP(O)O.OP(O)OSSOP(O)O. The predicted molar refractivity (Wildman–Crippen MR) is 53.6 cm³/mol. The zero-order valence-corrected chi connectivity index (χ0v) is 10.4. The molecule has 0 radical (unpaired) electrons. The molecule has 0 heterocycles. The third-order valence-electron chi connectivity index (χ3n) is 0.222. The van der Waals surface area contributed by atoms with Crippen LogP contribution in [0.5, 0.6) is 0 Å². The predicted octanol–water partition coefficient (Wildman–Crippen LogP) is -0.156. The Bertz CT molecular complexity index is 95.5. The molecule has 9 nitrogen and oxygen atoms in total. The van der Waals surface area contributed by atoms with Gasteiger partial charge in [-0.05, 0) is 0 Å². The minimum Gasteiger partial charge on any atom is -0.328 e. The molecule has 0 aliphatic carbocycles. The van der Waals surface area contributed by atoms with Crippen LogP contribution in [0.1, 0.15) is 0 Å². The summed E-state index contributed by atoms with van der Waals surface area (Å²) in [4.78, 5) is 54.1. The van der Waals surface area contributed by atoms with Gasteiger partial charge < -0.3 is 34.3 Å². The summed E-state index contributed by atoms with van der Waals surface area (Å²) in [6, 6.07) is 0. The molecule has 0 amide bonds. The van der Waals surface area contributed by atoms with Gasteiger partial charge in [0.25, 0.3) is 0 Å². The van der Waals surface area contributed by atoms with E-state index >= 15 is 0 Å². The van der Waals surface area contributed by atoms with E-state index in [1.54, 1.807) is 0 Å². The Labute approximate surface area is 90.5 Å². The first-order chi connectivity index (χ1) is 6.36. The van der Waals surface area contributed by atoms with E-state index in [1.165, 1.54) is 0 Å². The summed E-state index contributed by atoms with van der Waals surface area (Å²) in [6.07, 6.45) is 0. The molecule has 14 heteroatoms. The maximum absolute atomic E-state index is 8.11. The fourth-order valence-corrected chi connectivity index (χ4v) is 2.14. The summed E-state index contributed by atoms with van der Waals surface area (Å²) in [6.45, 7) is 0. The Kier molecular flexibility index (Phi) is 16.3. The van der Waals surface area contributed by atoms with Crippen molar-refractivity contribution < 1.29 is 42.2 Å². The molecule has 0 aliphatic rings. The topological polar surface area (TPSA) is 160 Å². The quantitative estimate of drug-likeness (QED) is 0.156. The van der Waals surface area contributed by atoms with Crippen LogP contribution in [0, 0.1) is 0 Å². The van der Waals surface area contributed by atoms with Gasteiger partial charge in [-0.1, -0.05) is 0 Å². The average molecular weight is 308 g/mol. The summed E-state index contributed by atoms with van der Waals surface area (Å²) in [5.41, 5.74) is 0. The second kappa shape index (κ2) is 12.7. The lowest BCUT2D eigenvalue weighted by atomic mass is 15.8. The molecular weight excluding hydrogens is 301 g/mol. The van der Waals surface area contributed by atoms with Crippen molar-refractivity contribution in [2.24, 2.45) is 0 Å². The van der Waals surface area contributed by atoms with Gasteiger partial charge >= 0.3 is 25.8 Å². The third-order valence-corrected chi connectivity index (χ3v) is 3.09. The van der Waals surface area contributed by atoms with E-state index in [9.17, 15) is 0 Å². The van der Waals surface area contributed by atoms with E-state index in [0.717, 1.165) is 0 Å². The molecule has 0 aromatic carbocycles.